The fourth-order valence-electron chi connectivity index (χ4n) is 1.66. The lowest BCUT2D eigenvalue weighted by Crippen LogP contribution is -2.27. The zero-order valence-electron chi connectivity index (χ0n) is 8.82. The van der Waals surface area contributed by atoms with Gasteiger partial charge in [-0.15, -0.1) is 0 Å². The van der Waals surface area contributed by atoms with Crippen LogP contribution >= 0.6 is 0 Å². The van der Waals surface area contributed by atoms with Crippen LogP contribution in [0.3, 0.4) is 0 Å². The molecule has 0 atom stereocenters. The number of fused-ring (bicyclic) bond motifs is 1. The lowest BCUT2D eigenvalue weighted by Gasteiger charge is -2.00. The Kier molecular flexibility index (Phi) is 3.22. The predicted molar refractivity (Wildman–Crippen MR) is 60.6 cm³/mol. The predicted octanol–water partition coefficient (Wildman–Crippen LogP) is 1.26. The van der Waals surface area contributed by atoms with E-state index in [-0.39, 0.29) is 0 Å². The number of amides is 1. The molecule has 0 aliphatic carbocycles. The number of carbonyl (C=O) groups is 1. The average Bonchev–Trinajstić information content (AvgIpc) is 2.71. The molecular weight excluding hydrogens is 204 g/mol. The molecule has 4 nitrogen and oxygen atoms in total. The van der Waals surface area contributed by atoms with Crippen LogP contribution in [0.5, 0.6) is 0 Å². The summed E-state index contributed by atoms with van der Waals surface area (Å²) in [7, 11) is 0. The normalized spacial score (nSPS) is 10.6. The van der Waals surface area contributed by atoms with Gasteiger partial charge in [-0.1, -0.05) is 18.2 Å². The first kappa shape index (κ1) is 10.7. The summed E-state index contributed by atoms with van der Waals surface area (Å²) in [6, 6.07) is 10.1. The number of H-pyrrole nitrogens is 1. The largest absolute Gasteiger partial charge is 0.358 e. The van der Waals surface area contributed by atoms with E-state index in [0.29, 0.717) is 13.0 Å². The molecule has 1 heterocycles. The van der Waals surface area contributed by atoms with Gasteiger partial charge in [0.1, 0.15) is 0 Å². The van der Waals surface area contributed by atoms with Crippen LogP contribution in [-0.4, -0.2) is 24.0 Å². The first-order valence-corrected chi connectivity index (χ1v) is 5.21. The Bertz CT molecular complexity index is 457. The SMILES string of the molecule is [O]CC(=O)NCCc1cc2ccccc2[nH]1. The first-order valence-electron chi connectivity index (χ1n) is 5.21. The van der Waals surface area contributed by atoms with Gasteiger partial charge in [-0.25, -0.2) is 5.11 Å². The van der Waals surface area contributed by atoms with E-state index >= 15 is 0 Å². The summed E-state index contributed by atoms with van der Waals surface area (Å²) in [6.45, 7) is -0.208. The molecule has 0 aliphatic heterocycles. The lowest BCUT2D eigenvalue weighted by molar-refractivity contribution is -0.125. The van der Waals surface area contributed by atoms with Gasteiger partial charge >= 0.3 is 0 Å². The van der Waals surface area contributed by atoms with Crippen molar-refractivity contribution < 1.29 is 9.90 Å². The third-order valence-corrected chi connectivity index (χ3v) is 2.43. The summed E-state index contributed by atoms with van der Waals surface area (Å²) in [5.41, 5.74) is 2.15. The highest BCUT2D eigenvalue weighted by atomic mass is 16.3. The lowest BCUT2D eigenvalue weighted by atomic mass is 10.2. The van der Waals surface area contributed by atoms with Gasteiger partial charge in [0.25, 0.3) is 0 Å². The summed E-state index contributed by atoms with van der Waals surface area (Å²) in [5, 5.41) is 13.9. The molecule has 1 aromatic heterocycles. The van der Waals surface area contributed by atoms with Crippen molar-refractivity contribution in [3.8, 4) is 0 Å². The summed E-state index contributed by atoms with van der Waals surface area (Å²) in [6.07, 6.45) is 0.709. The Morgan fingerprint density at radius 1 is 1.31 bits per heavy atom. The maximum Gasteiger partial charge on any atom is 0.249 e. The monoisotopic (exact) mass is 217 g/mol. The Morgan fingerprint density at radius 2 is 2.12 bits per heavy atom. The van der Waals surface area contributed by atoms with Crippen molar-refractivity contribution in [2.24, 2.45) is 0 Å². The number of aromatic amines is 1. The molecule has 0 spiro atoms. The zero-order valence-corrected chi connectivity index (χ0v) is 8.82. The summed E-state index contributed by atoms with van der Waals surface area (Å²) < 4.78 is 0. The van der Waals surface area contributed by atoms with Crippen LogP contribution in [0.1, 0.15) is 5.69 Å². The minimum absolute atomic E-state index is 0.448. The molecular formula is C12H13N2O2. The smallest absolute Gasteiger partial charge is 0.249 e. The number of carbonyl (C=O) groups excluding carboxylic acids is 1. The number of nitrogens with one attached hydrogen (secondary N) is 2. The van der Waals surface area contributed by atoms with Crippen LogP contribution < -0.4 is 5.32 Å². The van der Waals surface area contributed by atoms with E-state index in [2.05, 4.69) is 16.4 Å². The average molecular weight is 217 g/mol. The highest BCUT2D eigenvalue weighted by Gasteiger charge is 2.01. The number of hydrogen-bond donors (Lipinski definition) is 2. The van der Waals surface area contributed by atoms with Crippen molar-refractivity contribution in [2.75, 3.05) is 13.2 Å². The Morgan fingerprint density at radius 3 is 2.88 bits per heavy atom. The third kappa shape index (κ3) is 2.41. The molecule has 0 fully saturated rings. The Balaban J connectivity index is 1.97. The summed E-state index contributed by atoms with van der Waals surface area (Å²) in [4.78, 5) is 14.0. The standard InChI is InChI=1S/C12H13N2O2/c15-8-12(16)13-6-5-10-7-9-3-1-2-4-11(9)14-10/h1-4,7,14H,5-6,8H2,(H,13,16). The number of benzene rings is 1. The highest BCUT2D eigenvalue weighted by molar-refractivity contribution is 5.80. The number of rotatable bonds is 4. The molecule has 1 radical (unpaired) electrons. The number of aromatic nitrogens is 1. The molecule has 0 saturated heterocycles. The molecule has 16 heavy (non-hydrogen) atoms. The second-order valence-corrected chi connectivity index (χ2v) is 3.63. The quantitative estimate of drug-likeness (QED) is 0.795. The fraction of sp³-hybridized carbons (Fsp3) is 0.250. The molecule has 1 amide bonds. The van der Waals surface area contributed by atoms with Gasteiger partial charge in [-0.2, -0.15) is 0 Å². The highest BCUT2D eigenvalue weighted by Crippen LogP contribution is 2.14. The number of hydrogen-bond acceptors (Lipinski definition) is 1. The minimum atomic E-state index is -0.702. The van der Waals surface area contributed by atoms with Gasteiger partial charge in [0.15, 0.2) is 6.61 Å². The summed E-state index contributed by atoms with van der Waals surface area (Å²) >= 11 is 0. The van der Waals surface area contributed by atoms with Crippen LogP contribution in [0.25, 0.3) is 10.9 Å². The van der Waals surface area contributed by atoms with Crippen molar-refractivity contribution in [1.82, 2.24) is 10.3 Å². The third-order valence-electron chi connectivity index (χ3n) is 2.43. The second-order valence-electron chi connectivity index (χ2n) is 3.63. The van der Waals surface area contributed by atoms with E-state index in [0.717, 1.165) is 16.6 Å². The molecule has 2 N–H and O–H groups in total. The molecule has 83 valence electrons. The second kappa shape index (κ2) is 4.81. The van der Waals surface area contributed by atoms with Crippen molar-refractivity contribution in [3.05, 3.63) is 36.0 Å². The minimum Gasteiger partial charge on any atom is -0.358 e. The van der Waals surface area contributed by atoms with Gasteiger partial charge in [-0.05, 0) is 17.5 Å². The Hall–Kier alpha value is -1.81. The first-order chi connectivity index (χ1) is 7.79. The molecule has 0 saturated carbocycles. The van der Waals surface area contributed by atoms with E-state index in [1.807, 2.05) is 24.3 Å². The van der Waals surface area contributed by atoms with E-state index in [1.54, 1.807) is 0 Å². The molecule has 2 aromatic rings. The topological polar surface area (TPSA) is 64.8 Å². The van der Waals surface area contributed by atoms with E-state index < -0.39 is 12.5 Å². The maximum absolute atomic E-state index is 10.7. The molecule has 0 bridgehead atoms. The summed E-state index contributed by atoms with van der Waals surface area (Å²) in [5.74, 6) is -0.448. The maximum atomic E-state index is 10.7. The van der Waals surface area contributed by atoms with Crippen LogP contribution in [0, 0.1) is 0 Å². The molecule has 0 aliphatic rings. The van der Waals surface area contributed by atoms with Crippen LogP contribution in [0.15, 0.2) is 30.3 Å². The van der Waals surface area contributed by atoms with Crippen LogP contribution in [0.4, 0.5) is 0 Å². The number of para-hydroxylation sites is 1. The Labute approximate surface area is 93.3 Å². The molecule has 0 unspecified atom stereocenters. The molecule has 2 rings (SSSR count). The van der Waals surface area contributed by atoms with Gasteiger partial charge in [-0.3, -0.25) is 4.79 Å². The van der Waals surface area contributed by atoms with Gasteiger partial charge in [0, 0.05) is 24.2 Å². The van der Waals surface area contributed by atoms with E-state index in [9.17, 15) is 9.90 Å². The van der Waals surface area contributed by atoms with E-state index in [4.69, 9.17) is 0 Å². The van der Waals surface area contributed by atoms with Gasteiger partial charge in [0.05, 0.1) is 0 Å². The van der Waals surface area contributed by atoms with Gasteiger partial charge < -0.3 is 10.3 Å². The van der Waals surface area contributed by atoms with Crippen molar-refractivity contribution >= 4 is 16.8 Å². The van der Waals surface area contributed by atoms with Gasteiger partial charge in [0.2, 0.25) is 5.91 Å². The van der Waals surface area contributed by atoms with Crippen molar-refractivity contribution in [2.45, 2.75) is 6.42 Å². The van der Waals surface area contributed by atoms with Crippen molar-refractivity contribution in [1.29, 1.82) is 0 Å². The molecule has 1 aromatic carbocycles. The van der Waals surface area contributed by atoms with Crippen LogP contribution in [0.2, 0.25) is 0 Å². The van der Waals surface area contributed by atoms with Crippen LogP contribution in [-0.2, 0) is 16.3 Å². The van der Waals surface area contributed by atoms with E-state index in [1.165, 1.54) is 0 Å². The molecule has 4 heteroatoms. The fourth-order valence-corrected chi connectivity index (χ4v) is 1.66. The zero-order chi connectivity index (χ0) is 11.4. The van der Waals surface area contributed by atoms with Crippen molar-refractivity contribution in [3.63, 3.8) is 0 Å².